The summed E-state index contributed by atoms with van der Waals surface area (Å²) in [4.78, 5) is 11.8. The van der Waals surface area contributed by atoms with E-state index in [1.54, 1.807) is 11.8 Å². The van der Waals surface area contributed by atoms with Crippen LogP contribution in [0.2, 0.25) is 0 Å². The van der Waals surface area contributed by atoms with Gasteiger partial charge in [0, 0.05) is 11.3 Å². The molecule has 0 heterocycles. The third-order valence-corrected chi connectivity index (χ3v) is 3.60. The third kappa shape index (κ3) is 2.85. The monoisotopic (exact) mass is 222 g/mol. The van der Waals surface area contributed by atoms with Crippen molar-refractivity contribution in [1.29, 1.82) is 0 Å². The average Bonchev–Trinajstić information content (AvgIpc) is 2.22. The molecule has 0 aromatic heterocycles. The Morgan fingerprint density at radius 2 is 2.07 bits per heavy atom. The van der Waals surface area contributed by atoms with Gasteiger partial charge in [-0.1, -0.05) is 6.92 Å². The molecule has 82 valence electrons. The lowest BCUT2D eigenvalue weighted by atomic mass is 9.92. The molecule has 1 unspecified atom stereocenters. The molecule has 15 heavy (non-hydrogen) atoms. The van der Waals surface area contributed by atoms with Crippen LogP contribution in [0.3, 0.4) is 0 Å². The minimum absolute atomic E-state index is 0.327. The van der Waals surface area contributed by atoms with Gasteiger partial charge in [-0.25, -0.2) is 0 Å². The topological polar surface area (TPSA) is 17.1 Å². The fourth-order valence-corrected chi connectivity index (χ4v) is 2.29. The van der Waals surface area contributed by atoms with Crippen LogP contribution in [0.5, 0.6) is 0 Å². The van der Waals surface area contributed by atoms with E-state index < -0.39 is 0 Å². The van der Waals surface area contributed by atoms with Crippen molar-refractivity contribution in [3.05, 3.63) is 28.8 Å². The Bertz CT molecular complexity index is 358. The molecule has 0 N–H and O–H groups in total. The molecule has 0 aliphatic carbocycles. The van der Waals surface area contributed by atoms with Gasteiger partial charge in [-0.3, -0.25) is 0 Å². The first kappa shape index (κ1) is 12.3. The van der Waals surface area contributed by atoms with Gasteiger partial charge in [0.25, 0.3) is 0 Å². The first-order valence-electron chi connectivity index (χ1n) is 5.19. The fraction of sp³-hybridized carbons (Fsp3) is 0.462. The molecule has 1 aromatic rings. The highest BCUT2D eigenvalue weighted by atomic mass is 32.2. The molecule has 0 fully saturated rings. The van der Waals surface area contributed by atoms with Crippen molar-refractivity contribution in [2.45, 2.75) is 38.0 Å². The summed E-state index contributed by atoms with van der Waals surface area (Å²) >= 11 is 1.75. The maximum Gasteiger partial charge on any atom is 0.120 e. The molecule has 0 saturated carbocycles. The van der Waals surface area contributed by atoms with Crippen LogP contribution in [0.1, 0.15) is 36.0 Å². The Hall–Kier alpha value is -0.760. The number of rotatable bonds is 4. The molecule has 0 aliphatic heterocycles. The van der Waals surface area contributed by atoms with Gasteiger partial charge < -0.3 is 4.79 Å². The second-order valence-electron chi connectivity index (χ2n) is 3.96. The minimum atomic E-state index is 0.327. The van der Waals surface area contributed by atoms with Crippen LogP contribution in [0, 0.1) is 13.8 Å². The average molecular weight is 222 g/mol. The van der Waals surface area contributed by atoms with E-state index >= 15 is 0 Å². The van der Waals surface area contributed by atoms with Crippen molar-refractivity contribution < 1.29 is 4.79 Å². The summed E-state index contributed by atoms with van der Waals surface area (Å²) in [5.41, 5.74) is 3.95. The van der Waals surface area contributed by atoms with Crippen LogP contribution in [-0.2, 0) is 4.79 Å². The summed E-state index contributed by atoms with van der Waals surface area (Å²) in [6.07, 6.45) is 3.70. The van der Waals surface area contributed by atoms with Gasteiger partial charge in [0.1, 0.15) is 6.29 Å². The highest BCUT2D eigenvalue weighted by Gasteiger charge is 2.10. The summed E-state index contributed by atoms with van der Waals surface area (Å²) in [7, 11) is 0. The summed E-state index contributed by atoms with van der Waals surface area (Å²) in [6, 6.07) is 4.41. The van der Waals surface area contributed by atoms with Crippen molar-refractivity contribution >= 4 is 18.0 Å². The van der Waals surface area contributed by atoms with Gasteiger partial charge in [0.15, 0.2) is 0 Å². The van der Waals surface area contributed by atoms with Crippen LogP contribution in [-0.4, -0.2) is 12.5 Å². The number of benzene rings is 1. The predicted molar refractivity (Wildman–Crippen MR) is 66.8 cm³/mol. The Morgan fingerprint density at radius 3 is 2.60 bits per heavy atom. The zero-order valence-corrected chi connectivity index (χ0v) is 10.6. The fourth-order valence-electron chi connectivity index (χ4n) is 1.75. The molecule has 1 aromatic carbocycles. The maximum absolute atomic E-state index is 10.5. The molecule has 0 bridgehead atoms. The molecule has 0 radical (unpaired) electrons. The van der Waals surface area contributed by atoms with E-state index in [0.717, 1.165) is 6.29 Å². The van der Waals surface area contributed by atoms with Crippen LogP contribution < -0.4 is 0 Å². The van der Waals surface area contributed by atoms with Crippen LogP contribution in [0.4, 0.5) is 0 Å². The second kappa shape index (κ2) is 5.36. The summed E-state index contributed by atoms with van der Waals surface area (Å²) in [5.74, 6) is 0.327. The smallest absolute Gasteiger partial charge is 0.120 e. The molecule has 1 atom stereocenters. The molecule has 0 spiro atoms. The number of aryl methyl sites for hydroxylation is 1. The molecule has 0 amide bonds. The summed E-state index contributed by atoms with van der Waals surface area (Å²) in [5, 5.41) is 0. The lowest BCUT2D eigenvalue weighted by Gasteiger charge is -2.15. The van der Waals surface area contributed by atoms with E-state index in [-0.39, 0.29) is 0 Å². The van der Waals surface area contributed by atoms with Crippen molar-refractivity contribution in [2.75, 3.05) is 6.26 Å². The Balaban J connectivity index is 3.14. The molecule has 1 nitrogen and oxygen atoms in total. The normalized spacial score (nSPS) is 12.5. The lowest BCUT2D eigenvalue weighted by molar-refractivity contribution is -0.108. The van der Waals surface area contributed by atoms with Crippen LogP contribution in [0.25, 0.3) is 0 Å². The van der Waals surface area contributed by atoms with Crippen LogP contribution in [0.15, 0.2) is 17.0 Å². The van der Waals surface area contributed by atoms with E-state index in [1.165, 1.54) is 21.6 Å². The number of aldehydes is 1. The Morgan fingerprint density at radius 1 is 1.40 bits per heavy atom. The summed E-state index contributed by atoms with van der Waals surface area (Å²) < 4.78 is 0. The zero-order valence-electron chi connectivity index (χ0n) is 9.83. The molecular formula is C13H18OS. The highest BCUT2D eigenvalue weighted by Crippen LogP contribution is 2.29. The number of carbonyl (C=O) groups excluding carboxylic acids is 1. The first-order valence-corrected chi connectivity index (χ1v) is 6.41. The van der Waals surface area contributed by atoms with E-state index in [2.05, 4.69) is 39.2 Å². The standard InChI is InChI=1S/C13H18OS/c1-9(5-6-14)13-8-12(15-4)7-10(2)11(13)3/h6-9H,5H2,1-4H3. The minimum Gasteiger partial charge on any atom is -0.303 e. The van der Waals surface area contributed by atoms with Crippen molar-refractivity contribution in [1.82, 2.24) is 0 Å². The van der Waals surface area contributed by atoms with E-state index in [9.17, 15) is 4.79 Å². The van der Waals surface area contributed by atoms with Gasteiger partial charge in [0.05, 0.1) is 0 Å². The lowest BCUT2D eigenvalue weighted by Crippen LogP contribution is -1.99. The van der Waals surface area contributed by atoms with Crippen molar-refractivity contribution in [3.8, 4) is 0 Å². The van der Waals surface area contributed by atoms with E-state index in [1.807, 2.05) is 0 Å². The largest absolute Gasteiger partial charge is 0.303 e. The number of carbonyl (C=O) groups is 1. The van der Waals surface area contributed by atoms with Gasteiger partial charge in [-0.05, 0) is 54.8 Å². The molecular weight excluding hydrogens is 204 g/mol. The van der Waals surface area contributed by atoms with Gasteiger partial charge >= 0.3 is 0 Å². The van der Waals surface area contributed by atoms with Crippen molar-refractivity contribution in [3.63, 3.8) is 0 Å². The van der Waals surface area contributed by atoms with Gasteiger partial charge in [-0.15, -0.1) is 11.8 Å². The second-order valence-corrected chi connectivity index (χ2v) is 4.84. The maximum atomic E-state index is 10.5. The van der Waals surface area contributed by atoms with E-state index in [0.29, 0.717) is 12.3 Å². The van der Waals surface area contributed by atoms with Crippen LogP contribution >= 0.6 is 11.8 Å². The summed E-state index contributed by atoms with van der Waals surface area (Å²) in [6.45, 7) is 6.38. The number of thioether (sulfide) groups is 1. The quantitative estimate of drug-likeness (QED) is 0.570. The van der Waals surface area contributed by atoms with Gasteiger partial charge in [-0.2, -0.15) is 0 Å². The first-order chi connectivity index (χ1) is 7.10. The molecule has 1 rings (SSSR count). The molecule has 0 saturated heterocycles. The van der Waals surface area contributed by atoms with E-state index in [4.69, 9.17) is 0 Å². The number of hydrogen-bond acceptors (Lipinski definition) is 2. The molecule has 0 aliphatic rings. The Labute approximate surface area is 96.3 Å². The zero-order chi connectivity index (χ0) is 11.4. The highest BCUT2D eigenvalue weighted by molar-refractivity contribution is 7.98. The number of hydrogen-bond donors (Lipinski definition) is 0. The predicted octanol–water partition coefficient (Wildman–Crippen LogP) is 3.72. The molecule has 2 heteroatoms. The Kier molecular flexibility index (Phi) is 4.40. The van der Waals surface area contributed by atoms with Crippen molar-refractivity contribution in [2.24, 2.45) is 0 Å². The third-order valence-electron chi connectivity index (χ3n) is 2.90. The van der Waals surface area contributed by atoms with Gasteiger partial charge in [0.2, 0.25) is 0 Å². The SMILES string of the molecule is CSc1cc(C)c(C)c(C(C)CC=O)c1.